The van der Waals surface area contributed by atoms with Crippen molar-refractivity contribution in [3.05, 3.63) is 0 Å². The SMILES string of the molecule is CCCOC(=O)C(C)S(=O)C(C)C(=O)O. The average molecular weight is 236 g/mol. The van der Waals surface area contributed by atoms with Gasteiger partial charge in [-0.2, -0.15) is 0 Å². The minimum Gasteiger partial charge on any atom is -0.480 e. The number of ether oxygens (including phenoxy) is 1. The number of carboxylic acid groups (broad SMARTS) is 1. The topological polar surface area (TPSA) is 80.7 Å². The van der Waals surface area contributed by atoms with Crippen molar-refractivity contribution in [1.29, 1.82) is 0 Å². The van der Waals surface area contributed by atoms with Crippen LogP contribution in [-0.2, 0) is 25.1 Å². The van der Waals surface area contributed by atoms with Gasteiger partial charge in [0.25, 0.3) is 0 Å². The molecule has 3 unspecified atom stereocenters. The zero-order valence-electron chi connectivity index (χ0n) is 9.06. The van der Waals surface area contributed by atoms with E-state index in [9.17, 15) is 13.8 Å². The molecule has 15 heavy (non-hydrogen) atoms. The second kappa shape index (κ2) is 6.55. The summed E-state index contributed by atoms with van der Waals surface area (Å²) in [6, 6.07) is 0. The van der Waals surface area contributed by atoms with Crippen molar-refractivity contribution in [2.24, 2.45) is 0 Å². The summed E-state index contributed by atoms with van der Waals surface area (Å²) in [7, 11) is -1.75. The Morgan fingerprint density at radius 3 is 2.27 bits per heavy atom. The van der Waals surface area contributed by atoms with Crippen LogP contribution in [0.25, 0.3) is 0 Å². The predicted octanol–water partition coefficient (Wildman–Crippen LogP) is 0.550. The van der Waals surface area contributed by atoms with Crippen LogP contribution in [0.2, 0.25) is 0 Å². The Morgan fingerprint density at radius 2 is 1.87 bits per heavy atom. The number of esters is 1. The van der Waals surface area contributed by atoms with Crippen LogP contribution < -0.4 is 0 Å². The molecule has 0 aliphatic carbocycles. The minimum atomic E-state index is -1.75. The van der Waals surface area contributed by atoms with Gasteiger partial charge < -0.3 is 9.84 Å². The molecule has 0 aromatic carbocycles. The summed E-state index contributed by atoms with van der Waals surface area (Å²) in [4.78, 5) is 21.8. The first kappa shape index (κ1) is 14.1. The monoisotopic (exact) mass is 236 g/mol. The lowest BCUT2D eigenvalue weighted by Gasteiger charge is -2.13. The highest BCUT2D eigenvalue weighted by Crippen LogP contribution is 2.06. The first-order valence-corrected chi connectivity index (χ1v) is 5.98. The molecule has 1 N–H and O–H groups in total. The molecule has 88 valence electrons. The number of hydrogen-bond donors (Lipinski definition) is 1. The van der Waals surface area contributed by atoms with Gasteiger partial charge in [0.1, 0.15) is 10.5 Å². The highest BCUT2D eigenvalue weighted by Gasteiger charge is 2.29. The van der Waals surface area contributed by atoms with Gasteiger partial charge >= 0.3 is 11.9 Å². The highest BCUT2D eigenvalue weighted by atomic mass is 32.2. The summed E-state index contributed by atoms with van der Waals surface area (Å²) < 4.78 is 16.3. The number of hydrogen-bond acceptors (Lipinski definition) is 4. The molecule has 0 aromatic heterocycles. The van der Waals surface area contributed by atoms with Crippen molar-refractivity contribution in [2.75, 3.05) is 6.61 Å². The zero-order chi connectivity index (χ0) is 12.0. The van der Waals surface area contributed by atoms with Crippen molar-refractivity contribution in [1.82, 2.24) is 0 Å². The standard InChI is InChI=1S/C9H16O5S/c1-4-5-14-9(12)7(3)15(13)6(2)8(10)11/h6-7H,4-5H2,1-3H3,(H,10,11). The highest BCUT2D eigenvalue weighted by molar-refractivity contribution is 7.87. The van der Waals surface area contributed by atoms with E-state index in [1.54, 1.807) is 0 Å². The Balaban J connectivity index is 4.31. The van der Waals surface area contributed by atoms with Crippen molar-refractivity contribution >= 4 is 22.7 Å². The summed E-state index contributed by atoms with van der Waals surface area (Å²) in [5.41, 5.74) is 0. The number of carbonyl (C=O) groups excluding carboxylic acids is 1. The molecule has 0 heterocycles. The van der Waals surface area contributed by atoms with Crippen molar-refractivity contribution in [2.45, 2.75) is 37.7 Å². The van der Waals surface area contributed by atoms with Crippen molar-refractivity contribution in [3.8, 4) is 0 Å². The van der Waals surface area contributed by atoms with Crippen LogP contribution in [-0.4, -0.2) is 38.4 Å². The lowest BCUT2D eigenvalue weighted by atomic mass is 10.5. The second-order valence-corrected chi connectivity index (χ2v) is 5.19. The van der Waals surface area contributed by atoms with Crippen molar-refractivity contribution < 1.29 is 23.6 Å². The maximum Gasteiger partial charge on any atom is 0.321 e. The van der Waals surface area contributed by atoms with Gasteiger partial charge in [-0.25, -0.2) is 0 Å². The Morgan fingerprint density at radius 1 is 1.33 bits per heavy atom. The fourth-order valence-corrected chi connectivity index (χ4v) is 1.89. The summed E-state index contributed by atoms with van der Waals surface area (Å²) in [5, 5.41) is 6.65. The molecule has 6 heteroatoms. The molecule has 3 atom stereocenters. The van der Waals surface area contributed by atoms with Gasteiger partial charge in [0, 0.05) is 10.8 Å². The fraction of sp³-hybridized carbons (Fsp3) is 0.778. The van der Waals surface area contributed by atoms with Gasteiger partial charge in [-0.15, -0.1) is 0 Å². The molecule has 0 aromatic rings. The molecule has 0 amide bonds. The van der Waals surface area contributed by atoms with E-state index in [4.69, 9.17) is 9.84 Å². The van der Waals surface area contributed by atoms with E-state index in [0.29, 0.717) is 6.42 Å². The van der Waals surface area contributed by atoms with Crippen LogP contribution in [0.3, 0.4) is 0 Å². The normalized spacial score (nSPS) is 16.5. The third-order valence-corrected chi connectivity index (χ3v) is 3.61. The van der Waals surface area contributed by atoms with Crippen LogP contribution in [0.5, 0.6) is 0 Å². The van der Waals surface area contributed by atoms with Gasteiger partial charge in [0.15, 0.2) is 0 Å². The van der Waals surface area contributed by atoms with E-state index >= 15 is 0 Å². The van der Waals surface area contributed by atoms with Crippen LogP contribution in [0.15, 0.2) is 0 Å². The van der Waals surface area contributed by atoms with E-state index in [0.717, 1.165) is 0 Å². The van der Waals surface area contributed by atoms with E-state index in [2.05, 4.69) is 0 Å². The number of aliphatic carboxylic acids is 1. The quantitative estimate of drug-likeness (QED) is 0.681. The van der Waals surface area contributed by atoms with E-state index in [-0.39, 0.29) is 6.61 Å². The number of carbonyl (C=O) groups is 2. The molecule has 0 saturated carbocycles. The largest absolute Gasteiger partial charge is 0.480 e. The Hall–Kier alpha value is -0.910. The molecule has 5 nitrogen and oxygen atoms in total. The van der Waals surface area contributed by atoms with Crippen molar-refractivity contribution in [3.63, 3.8) is 0 Å². The van der Waals surface area contributed by atoms with Gasteiger partial charge in [0.05, 0.1) is 6.61 Å². The minimum absolute atomic E-state index is 0.266. The molecule has 0 bridgehead atoms. The predicted molar refractivity (Wildman–Crippen MR) is 56.0 cm³/mol. The smallest absolute Gasteiger partial charge is 0.321 e. The molecule has 0 saturated heterocycles. The summed E-state index contributed by atoms with van der Waals surface area (Å²) >= 11 is 0. The van der Waals surface area contributed by atoms with Gasteiger partial charge in [0.2, 0.25) is 0 Å². The van der Waals surface area contributed by atoms with Crippen LogP contribution in [0.4, 0.5) is 0 Å². The molecule has 0 rings (SSSR count). The lowest BCUT2D eigenvalue weighted by molar-refractivity contribution is -0.142. The lowest BCUT2D eigenvalue weighted by Crippen LogP contribution is -2.34. The molecular formula is C9H16O5S. The summed E-state index contributed by atoms with van der Waals surface area (Å²) in [5.74, 6) is -1.79. The van der Waals surface area contributed by atoms with Crippen LogP contribution >= 0.6 is 0 Å². The van der Waals surface area contributed by atoms with E-state index in [1.807, 2.05) is 6.92 Å². The maximum atomic E-state index is 11.5. The number of carboxylic acids is 1. The van der Waals surface area contributed by atoms with E-state index in [1.165, 1.54) is 13.8 Å². The summed E-state index contributed by atoms with van der Waals surface area (Å²) in [6.45, 7) is 4.83. The second-order valence-electron chi connectivity index (χ2n) is 3.12. The molecule has 0 aliphatic rings. The first-order chi connectivity index (χ1) is 6.91. The van der Waals surface area contributed by atoms with Gasteiger partial charge in [-0.05, 0) is 20.3 Å². The summed E-state index contributed by atoms with van der Waals surface area (Å²) in [6.07, 6.45) is 0.680. The fourth-order valence-electron chi connectivity index (χ4n) is 0.820. The Labute approximate surface area is 91.3 Å². The van der Waals surface area contributed by atoms with E-state index < -0.39 is 33.2 Å². The molecule has 0 radical (unpaired) electrons. The third-order valence-electron chi connectivity index (χ3n) is 1.83. The zero-order valence-corrected chi connectivity index (χ0v) is 9.87. The molecule has 0 aliphatic heterocycles. The average Bonchev–Trinajstić information content (AvgIpc) is 2.22. The first-order valence-electron chi connectivity index (χ1n) is 4.70. The molecular weight excluding hydrogens is 220 g/mol. The maximum absolute atomic E-state index is 11.5. The molecule has 0 fully saturated rings. The van der Waals surface area contributed by atoms with Crippen LogP contribution in [0.1, 0.15) is 27.2 Å². The van der Waals surface area contributed by atoms with Gasteiger partial charge in [-0.3, -0.25) is 13.8 Å². The number of rotatable bonds is 6. The molecule has 0 spiro atoms. The van der Waals surface area contributed by atoms with Gasteiger partial charge in [-0.1, -0.05) is 6.92 Å². The third kappa shape index (κ3) is 4.42. The van der Waals surface area contributed by atoms with Crippen LogP contribution in [0, 0.1) is 0 Å². The Bertz CT molecular complexity index is 263. The Kier molecular flexibility index (Phi) is 6.15.